The number of nitrogens with zero attached hydrogens (tertiary/aromatic N) is 1. The van der Waals surface area contributed by atoms with Gasteiger partial charge in [0, 0.05) is 24.3 Å². The normalized spacial score (nSPS) is 18.0. The van der Waals surface area contributed by atoms with Gasteiger partial charge in [0.1, 0.15) is 0 Å². The molecule has 3 heteroatoms. The van der Waals surface area contributed by atoms with Gasteiger partial charge in [-0.2, -0.15) is 0 Å². The second-order valence-electron chi connectivity index (χ2n) is 4.30. The van der Waals surface area contributed by atoms with E-state index < -0.39 is 0 Å². The molecule has 1 aromatic carbocycles. The highest BCUT2D eigenvalue weighted by Crippen LogP contribution is 2.21. The molecular formula is C13H18N2O. The van der Waals surface area contributed by atoms with Crippen molar-refractivity contribution in [2.75, 3.05) is 17.2 Å². The highest BCUT2D eigenvalue weighted by molar-refractivity contribution is 5.93. The summed E-state index contributed by atoms with van der Waals surface area (Å²) in [7, 11) is 0. The number of nitrogen functional groups attached to an aromatic ring is 1. The number of rotatable bonds is 1. The Hall–Kier alpha value is -1.51. The molecule has 0 spiro atoms. The number of benzene rings is 1. The Morgan fingerprint density at radius 1 is 1.12 bits per heavy atom. The van der Waals surface area contributed by atoms with Crippen molar-refractivity contribution in [2.24, 2.45) is 0 Å². The van der Waals surface area contributed by atoms with Crippen molar-refractivity contribution in [3.8, 4) is 0 Å². The van der Waals surface area contributed by atoms with E-state index in [1.807, 2.05) is 29.2 Å². The van der Waals surface area contributed by atoms with Crippen LogP contribution in [0.4, 0.5) is 11.4 Å². The Bertz CT molecular complexity index is 376. The lowest BCUT2D eigenvalue weighted by Gasteiger charge is -2.25. The second kappa shape index (κ2) is 5.01. The predicted molar refractivity (Wildman–Crippen MR) is 66.3 cm³/mol. The molecule has 0 bridgehead atoms. The fraction of sp³-hybridized carbons (Fsp3) is 0.462. The van der Waals surface area contributed by atoms with Crippen molar-refractivity contribution in [1.29, 1.82) is 0 Å². The molecular weight excluding hydrogens is 200 g/mol. The first-order valence-electron chi connectivity index (χ1n) is 5.93. The van der Waals surface area contributed by atoms with Gasteiger partial charge in [-0.15, -0.1) is 0 Å². The van der Waals surface area contributed by atoms with Gasteiger partial charge in [0.25, 0.3) is 0 Å². The van der Waals surface area contributed by atoms with Crippen LogP contribution in [-0.4, -0.2) is 12.5 Å². The lowest BCUT2D eigenvalue weighted by Crippen LogP contribution is -2.32. The second-order valence-corrected chi connectivity index (χ2v) is 4.30. The molecule has 0 atom stereocenters. The largest absolute Gasteiger partial charge is 0.399 e. The van der Waals surface area contributed by atoms with Crippen LogP contribution in [0.1, 0.15) is 32.1 Å². The average molecular weight is 218 g/mol. The van der Waals surface area contributed by atoms with Crippen LogP contribution in [0.15, 0.2) is 24.3 Å². The molecule has 1 saturated heterocycles. The standard InChI is InChI=1S/C13H18N2O/c14-11-6-5-7-12(10-11)15-9-4-2-1-3-8-13(15)16/h5-7,10H,1-4,8-9,14H2. The molecule has 2 rings (SSSR count). The highest BCUT2D eigenvalue weighted by atomic mass is 16.2. The Morgan fingerprint density at radius 2 is 1.94 bits per heavy atom. The smallest absolute Gasteiger partial charge is 0.226 e. The number of carbonyl (C=O) groups is 1. The number of anilines is 2. The number of hydrogen-bond acceptors (Lipinski definition) is 2. The summed E-state index contributed by atoms with van der Waals surface area (Å²) >= 11 is 0. The van der Waals surface area contributed by atoms with E-state index in [9.17, 15) is 4.79 Å². The predicted octanol–water partition coefficient (Wildman–Crippen LogP) is 2.57. The molecule has 0 aromatic heterocycles. The first-order chi connectivity index (χ1) is 7.77. The maximum absolute atomic E-state index is 12.0. The molecule has 1 aliphatic rings. The van der Waals surface area contributed by atoms with Gasteiger partial charge in [0.2, 0.25) is 5.91 Å². The lowest BCUT2D eigenvalue weighted by atomic mass is 10.1. The summed E-state index contributed by atoms with van der Waals surface area (Å²) in [6.07, 6.45) is 5.15. The summed E-state index contributed by atoms with van der Waals surface area (Å²) < 4.78 is 0. The van der Waals surface area contributed by atoms with Crippen molar-refractivity contribution < 1.29 is 4.79 Å². The van der Waals surface area contributed by atoms with E-state index in [1.165, 1.54) is 12.8 Å². The molecule has 86 valence electrons. The fourth-order valence-corrected chi connectivity index (χ4v) is 2.13. The van der Waals surface area contributed by atoms with Crippen molar-refractivity contribution in [3.63, 3.8) is 0 Å². The number of carbonyl (C=O) groups excluding carboxylic acids is 1. The number of hydrogen-bond donors (Lipinski definition) is 1. The van der Waals surface area contributed by atoms with Crippen LogP contribution in [0.5, 0.6) is 0 Å². The van der Waals surface area contributed by atoms with Crippen molar-refractivity contribution in [2.45, 2.75) is 32.1 Å². The van der Waals surface area contributed by atoms with E-state index >= 15 is 0 Å². The summed E-state index contributed by atoms with van der Waals surface area (Å²) in [5.41, 5.74) is 7.39. The SMILES string of the molecule is Nc1cccc(N2CCCCCCC2=O)c1. The molecule has 16 heavy (non-hydrogen) atoms. The number of nitrogens with two attached hydrogens (primary N) is 1. The fourth-order valence-electron chi connectivity index (χ4n) is 2.13. The molecule has 0 radical (unpaired) electrons. The molecule has 2 N–H and O–H groups in total. The van der Waals surface area contributed by atoms with Crippen molar-refractivity contribution in [3.05, 3.63) is 24.3 Å². The van der Waals surface area contributed by atoms with Crippen molar-refractivity contribution in [1.82, 2.24) is 0 Å². The van der Waals surface area contributed by atoms with E-state index in [0.29, 0.717) is 12.1 Å². The third-order valence-corrected chi connectivity index (χ3v) is 3.01. The Kier molecular flexibility index (Phi) is 3.44. The van der Waals surface area contributed by atoms with Crippen molar-refractivity contribution >= 4 is 17.3 Å². The summed E-state index contributed by atoms with van der Waals surface area (Å²) in [6, 6.07) is 7.57. The van der Waals surface area contributed by atoms with E-state index in [4.69, 9.17) is 5.73 Å². The molecule has 3 nitrogen and oxygen atoms in total. The van der Waals surface area contributed by atoms with Gasteiger partial charge < -0.3 is 10.6 Å². The average Bonchev–Trinajstić information content (AvgIpc) is 2.24. The van der Waals surface area contributed by atoms with Crippen LogP contribution < -0.4 is 10.6 Å². The van der Waals surface area contributed by atoms with Gasteiger partial charge in [0.05, 0.1) is 0 Å². The van der Waals surface area contributed by atoms with Crippen LogP contribution in [-0.2, 0) is 4.79 Å². The van der Waals surface area contributed by atoms with E-state index in [-0.39, 0.29) is 5.91 Å². The third-order valence-electron chi connectivity index (χ3n) is 3.01. The topological polar surface area (TPSA) is 46.3 Å². The molecule has 1 heterocycles. The minimum atomic E-state index is 0.227. The van der Waals surface area contributed by atoms with Crippen LogP contribution >= 0.6 is 0 Å². The molecule has 0 unspecified atom stereocenters. The van der Waals surface area contributed by atoms with Crippen LogP contribution in [0.2, 0.25) is 0 Å². The van der Waals surface area contributed by atoms with Gasteiger partial charge in [0.15, 0.2) is 0 Å². The maximum Gasteiger partial charge on any atom is 0.226 e. The van der Waals surface area contributed by atoms with Crippen LogP contribution in [0, 0.1) is 0 Å². The zero-order valence-corrected chi connectivity index (χ0v) is 9.48. The van der Waals surface area contributed by atoms with Crippen LogP contribution in [0.25, 0.3) is 0 Å². The molecule has 1 fully saturated rings. The van der Waals surface area contributed by atoms with Gasteiger partial charge in [-0.25, -0.2) is 0 Å². The Balaban J connectivity index is 2.19. The summed E-state index contributed by atoms with van der Waals surface area (Å²) in [6.45, 7) is 0.822. The zero-order chi connectivity index (χ0) is 11.4. The molecule has 1 aromatic rings. The summed E-state index contributed by atoms with van der Waals surface area (Å²) in [4.78, 5) is 13.8. The molecule has 0 saturated carbocycles. The summed E-state index contributed by atoms with van der Waals surface area (Å²) in [5, 5.41) is 0. The first-order valence-corrected chi connectivity index (χ1v) is 5.93. The molecule has 1 amide bonds. The number of amides is 1. The Labute approximate surface area is 96.2 Å². The summed E-state index contributed by atoms with van der Waals surface area (Å²) in [5.74, 6) is 0.227. The first kappa shape index (κ1) is 11.0. The minimum absolute atomic E-state index is 0.227. The van der Waals surface area contributed by atoms with Gasteiger partial charge >= 0.3 is 0 Å². The quantitative estimate of drug-likeness (QED) is 0.736. The van der Waals surface area contributed by atoms with Gasteiger partial charge in [-0.1, -0.05) is 18.9 Å². The maximum atomic E-state index is 12.0. The Morgan fingerprint density at radius 3 is 2.75 bits per heavy atom. The molecule has 0 aliphatic carbocycles. The van der Waals surface area contributed by atoms with Gasteiger partial charge in [-0.3, -0.25) is 4.79 Å². The zero-order valence-electron chi connectivity index (χ0n) is 9.48. The molecule has 1 aliphatic heterocycles. The van der Waals surface area contributed by atoms with Crippen LogP contribution in [0.3, 0.4) is 0 Å². The van der Waals surface area contributed by atoms with Gasteiger partial charge in [-0.05, 0) is 31.0 Å². The van der Waals surface area contributed by atoms with E-state index in [1.54, 1.807) is 0 Å². The minimum Gasteiger partial charge on any atom is -0.399 e. The third kappa shape index (κ3) is 2.54. The monoisotopic (exact) mass is 218 g/mol. The van der Waals surface area contributed by atoms with E-state index in [0.717, 1.165) is 25.1 Å². The highest BCUT2D eigenvalue weighted by Gasteiger charge is 2.16. The van der Waals surface area contributed by atoms with E-state index in [2.05, 4.69) is 0 Å². The lowest BCUT2D eigenvalue weighted by molar-refractivity contribution is -0.118.